The zero-order valence-electron chi connectivity index (χ0n) is 24.3. The third-order valence-electron chi connectivity index (χ3n) is 7.95. The van der Waals surface area contributed by atoms with Gasteiger partial charge in [-0.05, 0) is 47.2 Å². The van der Waals surface area contributed by atoms with Gasteiger partial charge < -0.3 is 0 Å². The van der Waals surface area contributed by atoms with E-state index in [0.29, 0.717) is 11.7 Å². The molecule has 4 nitrogen and oxygen atoms in total. The molecule has 7 rings (SSSR count). The van der Waals surface area contributed by atoms with Crippen LogP contribution in [0.5, 0.6) is 0 Å². The highest BCUT2D eigenvalue weighted by Gasteiger charge is 2.16. The topological polar surface area (TPSA) is 51.6 Å². The summed E-state index contributed by atoms with van der Waals surface area (Å²) in [6.07, 6.45) is 0. The first-order valence-electron chi connectivity index (χ1n) is 14.6. The molecule has 0 saturated carbocycles. The number of fused-ring (bicyclic) bond motifs is 4. The summed E-state index contributed by atoms with van der Waals surface area (Å²) >= 11 is 0. The molecule has 0 aliphatic rings. The Morgan fingerprint density at radius 2 is 1.17 bits per heavy atom. The minimum Gasteiger partial charge on any atom is -0.250 e. The first kappa shape index (κ1) is 26.0. The molecular weight excluding hydrogens is 512 g/mol. The molecule has 0 N–H and O–H groups in total. The van der Waals surface area contributed by atoms with Gasteiger partial charge in [0.1, 0.15) is 0 Å². The molecular formula is C38H32N4. The molecule has 7 aromatic rings. The van der Waals surface area contributed by atoms with Crippen molar-refractivity contribution in [3.05, 3.63) is 121 Å². The van der Waals surface area contributed by atoms with Gasteiger partial charge in [-0.25, -0.2) is 9.97 Å². The van der Waals surface area contributed by atoms with Gasteiger partial charge in [0.05, 0.1) is 22.2 Å². The van der Waals surface area contributed by atoms with Crippen molar-refractivity contribution in [3.8, 4) is 33.8 Å². The monoisotopic (exact) mass is 544 g/mol. The smallest absolute Gasteiger partial charge is 0.160 e. The van der Waals surface area contributed by atoms with Crippen LogP contribution < -0.4 is 0 Å². The van der Waals surface area contributed by atoms with Crippen LogP contribution in [0.4, 0.5) is 0 Å². The second kappa shape index (κ2) is 10.5. The molecule has 3 aromatic heterocycles. The molecule has 42 heavy (non-hydrogen) atoms. The Labute approximate surface area is 246 Å². The highest BCUT2D eigenvalue weighted by Crippen LogP contribution is 2.36. The summed E-state index contributed by atoms with van der Waals surface area (Å²) in [6.45, 7) is 8.75. The molecule has 4 aromatic carbocycles. The molecule has 0 aliphatic carbocycles. The Hall–Kier alpha value is -4.96. The van der Waals surface area contributed by atoms with Crippen molar-refractivity contribution < 1.29 is 0 Å². The van der Waals surface area contributed by atoms with E-state index in [-0.39, 0.29) is 5.92 Å². The van der Waals surface area contributed by atoms with E-state index in [9.17, 15) is 0 Å². The molecule has 0 saturated heterocycles. The molecule has 0 spiro atoms. The summed E-state index contributed by atoms with van der Waals surface area (Å²) in [4.78, 5) is 20.4. The predicted octanol–water partition coefficient (Wildman–Crippen LogP) is 9.97. The van der Waals surface area contributed by atoms with Crippen molar-refractivity contribution >= 4 is 32.7 Å². The minimum atomic E-state index is 0.275. The van der Waals surface area contributed by atoms with Crippen LogP contribution >= 0.6 is 0 Å². The van der Waals surface area contributed by atoms with Crippen LogP contribution in [0.1, 0.15) is 50.9 Å². The van der Waals surface area contributed by atoms with Gasteiger partial charge in [-0.1, -0.05) is 113 Å². The highest BCUT2D eigenvalue weighted by atomic mass is 14.9. The average molecular weight is 545 g/mol. The van der Waals surface area contributed by atoms with Crippen LogP contribution in [-0.2, 0) is 0 Å². The summed E-state index contributed by atoms with van der Waals surface area (Å²) in [6, 6.07) is 38.0. The summed E-state index contributed by atoms with van der Waals surface area (Å²) in [7, 11) is 0. The van der Waals surface area contributed by atoms with Crippen molar-refractivity contribution in [1.29, 1.82) is 0 Å². The van der Waals surface area contributed by atoms with E-state index < -0.39 is 0 Å². The zero-order valence-corrected chi connectivity index (χ0v) is 24.3. The second-order valence-corrected chi connectivity index (χ2v) is 11.5. The van der Waals surface area contributed by atoms with Gasteiger partial charge in [-0.2, -0.15) is 0 Å². The van der Waals surface area contributed by atoms with Crippen LogP contribution in [0.15, 0.2) is 109 Å². The van der Waals surface area contributed by atoms with E-state index in [2.05, 4.69) is 119 Å². The molecule has 0 aliphatic heterocycles. The summed E-state index contributed by atoms with van der Waals surface area (Å²) in [5, 5.41) is 3.25. The lowest BCUT2D eigenvalue weighted by molar-refractivity contribution is 0.826. The number of nitrogens with zero attached hydrogens (tertiary/aromatic N) is 4. The third kappa shape index (κ3) is 4.59. The first-order valence-corrected chi connectivity index (χ1v) is 14.6. The van der Waals surface area contributed by atoms with Crippen LogP contribution in [0.25, 0.3) is 66.5 Å². The maximum atomic E-state index is 5.16. The largest absolute Gasteiger partial charge is 0.250 e. The summed E-state index contributed by atoms with van der Waals surface area (Å²) in [5.74, 6) is 1.33. The van der Waals surface area contributed by atoms with Crippen LogP contribution in [0, 0.1) is 0 Å². The number of para-hydroxylation sites is 1. The van der Waals surface area contributed by atoms with E-state index >= 15 is 0 Å². The number of rotatable bonds is 5. The Morgan fingerprint density at radius 1 is 0.476 bits per heavy atom. The summed E-state index contributed by atoms with van der Waals surface area (Å²) < 4.78 is 0. The van der Waals surface area contributed by atoms with Crippen LogP contribution in [0.2, 0.25) is 0 Å². The number of pyridine rings is 2. The fourth-order valence-electron chi connectivity index (χ4n) is 5.61. The molecule has 4 heteroatoms. The molecule has 0 radical (unpaired) electrons. The second-order valence-electron chi connectivity index (χ2n) is 11.5. The molecule has 0 unspecified atom stereocenters. The van der Waals surface area contributed by atoms with Crippen molar-refractivity contribution in [2.75, 3.05) is 0 Å². The lowest BCUT2D eigenvalue weighted by atomic mass is 9.95. The van der Waals surface area contributed by atoms with Gasteiger partial charge in [0, 0.05) is 38.7 Å². The molecule has 0 atom stereocenters. The molecule has 0 bridgehead atoms. The maximum Gasteiger partial charge on any atom is 0.160 e. The van der Waals surface area contributed by atoms with Crippen molar-refractivity contribution in [2.45, 2.75) is 39.5 Å². The van der Waals surface area contributed by atoms with Gasteiger partial charge in [0.15, 0.2) is 5.82 Å². The van der Waals surface area contributed by atoms with Crippen molar-refractivity contribution in [1.82, 2.24) is 19.9 Å². The Morgan fingerprint density at radius 3 is 1.98 bits per heavy atom. The lowest BCUT2D eigenvalue weighted by Crippen LogP contribution is -1.99. The van der Waals surface area contributed by atoms with E-state index in [0.717, 1.165) is 72.0 Å². The normalized spacial score (nSPS) is 11.8. The maximum absolute atomic E-state index is 5.16. The highest BCUT2D eigenvalue weighted by molar-refractivity contribution is 6.08. The van der Waals surface area contributed by atoms with E-state index in [1.807, 2.05) is 18.2 Å². The Bertz CT molecular complexity index is 2100. The third-order valence-corrected chi connectivity index (χ3v) is 7.95. The standard InChI is InChI=1S/C38H32N4/c1-23(2)32-20-18-26-17-19-29-31(22-34(24(3)4)40-37(29)36(26)39-32)27-13-10-14-28(21-27)38-41-33-16-9-8-15-30(33)35(42-38)25-11-6-5-7-12-25/h5-24H,1-4H3. The van der Waals surface area contributed by atoms with E-state index in [4.69, 9.17) is 19.9 Å². The molecule has 204 valence electrons. The Balaban J connectivity index is 1.44. The zero-order chi connectivity index (χ0) is 28.8. The average Bonchev–Trinajstić information content (AvgIpc) is 3.03. The fraction of sp³-hybridized carbons (Fsp3) is 0.158. The number of hydrogen-bond acceptors (Lipinski definition) is 4. The number of aromatic nitrogens is 4. The number of benzene rings is 4. The molecule has 0 amide bonds. The van der Waals surface area contributed by atoms with Crippen molar-refractivity contribution in [3.63, 3.8) is 0 Å². The molecule has 3 heterocycles. The Kier molecular flexibility index (Phi) is 6.47. The minimum absolute atomic E-state index is 0.275. The van der Waals surface area contributed by atoms with Gasteiger partial charge in [0.25, 0.3) is 0 Å². The van der Waals surface area contributed by atoms with E-state index in [1.54, 1.807) is 0 Å². The van der Waals surface area contributed by atoms with Crippen molar-refractivity contribution in [2.24, 2.45) is 0 Å². The summed E-state index contributed by atoms with van der Waals surface area (Å²) in [5.41, 5.74) is 10.2. The quantitative estimate of drug-likeness (QED) is 0.202. The van der Waals surface area contributed by atoms with Gasteiger partial charge in [0.2, 0.25) is 0 Å². The van der Waals surface area contributed by atoms with Gasteiger partial charge in [-0.3, -0.25) is 9.97 Å². The van der Waals surface area contributed by atoms with Crippen LogP contribution in [0.3, 0.4) is 0 Å². The number of hydrogen-bond donors (Lipinski definition) is 0. The SMILES string of the molecule is CC(C)c1ccc2ccc3c(-c4cccc(-c5nc(-c6ccccc6)c6ccccc6n5)c4)cc(C(C)C)nc3c2n1. The first-order chi connectivity index (χ1) is 20.5. The van der Waals surface area contributed by atoms with Gasteiger partial charge >= 0.3 is 0 Å². The lowest BCUT2D eigenvalue weighted by Gasteiger charge is -2.15. The van der Waals surface area contributed by atoms with Crippen LogP contribution in [-0.4, -0.2) is 19.9 Å². The van der Waals surface area contributed by atoms with Gasteiger partial charge in [-0.15, -0.1) is 0 Å². The predicted molar refractivity (Wildman–Crippen MR) is 175 cm³/mol. The fourth-order valence-corrected chi connectivity index (χ4v) is 5.61. The molecule has 0 fully saturated rings. The van der Waals surface area contributed by atoms with E-state index in [1.165, 1.54) is 0 Å².